The molecule has 19 heavy (non-hydrogen) atoms. The van der Waals surface area contributed by atoms with Crippen LogP contribution in [0, 0.1) is 13.8 Å². The topological polar surface area (TPSA) is 48.1 Å². The number of halogens is 1. The molecule has 0 aliphatic carbocycles. The van der Waals surface area contributed by atoms with Crippen LogP contribution in [0.5, 0.6) is 11.6 Å². The molecule has 0 aliphatic rings. The van der Waals surface area contributed by atoms with E-state index in [1.807, 2.05) is 38.1 Å². The quantitative estimate of drug-likeness (QED) is 0.933. The third-order valence-corrected chi connectivity index (χ3v) is 4.11. The van der Waals surface area contributed by atoms with Crippen molar-refractivity contribution in [1.82, 2.24) is 4.98 Å². The van der Waals surface area contributed by atoms with Gasteiger partial charge in [-0.2, -0.15) is 0 Å². The molecule has 0 amide bonds. The minimum atomic E-state index is 0.599. The van der Waals surface area contributed by atoms with Crippen molar-refractivity contribution < 1.29 is 4.74 Å². The molecule has 0 aliphatic heterocycles. The van der Waals surface area contributed by atoms with Crippen molar-refractivity contribution >= 4 is 15.9 Å². The highest BCUT2D eigenvalue weighted by molar-refractivity contribution is 9.10. The van der Waals surface area contributed by atoms with Crippen LogP contribution in [0.4, 0.5) is 0 Å². The van der Waals surface area contributed by atoms with Gasteiger partial charge in [0.1, 0.15) is 5.75 Å². The Morgan fingerprint density at radius 3 is 2.42 bits per heavy atom. The van der Waals surface area contributed by atoms with Gasteiger partial charge < -0.3 is 10.5 Å². The third-order valence-electron chi connectivity index (χ3n) is 2.86. The van der Waals surface area contributed by atoms with Crippen molar-refractivity contribution in [2.75, 3.05) is 6.54 Å². The maximum absolute atomic E-state index is 5.76. The van der Waals surface area contributed by atoms with Crippen molar-refractivity contribution in [3.63, 3.8) is 0 Å². The second-order valence-corrected chi connectivity index (χ2v) is 5.31. The van der Waals surface area contributed by atoms with Crippen LogP contribution >= 0.6 is 15.9 Å². The van der Waals surface area contributed by atoms with Crippen LogP contribution in [-0.2, 0) is 6.42 Å². The lowest BCUT2D eigenvalue weighted by Crippen LogP contribution is -2.02. The number of nitrogens with two attached hydrogens (primary N) is 1. The molecule has 1 aromatic heterocycles. The monoisotopic (exact) mass is 320 g/mol. The van der Waals surface area contributed by atoms with E-state index in [4.69, 9.17) is 10.5 Å². The molecular weight excluding hydrogens is 304 g/mol. The fourth-order valence-electron chi connectivity index (χ4n) is 1.87. The van der Waals surface area contributed by atoms with Gasteiger partial charge in [0, 0.05) is 16.7 Å². The highest BCUT2D eigenvalue weighted by Gasteiger charge is 2.05. The van der Waals surface area contributed by atoms with E-state index in [1.165, 1.54) is 0 Å². The molecule has 0 bridgehead atoms. The summed E-state index contributed by atoms with van der Waals surface area (Å²) in [5.74, 6) is 1.40. The first-order valence-electron chi connectivity index (χ1n) is 6.19. The molecule has 0 unspecified atom stereocenters. The van der Waals surface area contributed by atoms with Crippen molar-refractivity contribution in [3.05, 3.63) is 51.6 Å². The standard InChI is InChI=1S/C15H17BrN2O/c1-10-7-13(8-11(2)15(10)16)19-14-4-3-12(5-6-17)9-18-14/h3-4,7-9H,5-6,17H2,1-2H3. The molecular formula is C15H17BrN2O. The average molecular weight is 321 g/mol. The highest BCUT2D eigenvalue weighted by atomic mass is 79.9. The summed E-state index contributed by atoms with van der Waals surface area (Å²) < 4.78 is 6.88. The van der Waals surface area contributed by atoms with Crippen molar-refractivity contribution in [2.45, 2.75) is 20.3 Å². The molecule has 100 valence electrons. The molecule has 0 fully saturated rings. The van der Waals surface area contributed by atoms with Gasteiger partial charge in [-0.3, -0.25) is 0 Å². The third kappa shape index (κ3) is 3.55. The molecule has 2 rings (SSSR count). The van der Waals surface area contributed by atoms with Crippen molar-refractivity contribution in [1.29, 1.82) is 0 Å². The second-order valence-electron chi connectivity index (χ2n) is 4.52. The number of pyridine rings is 1. The van der Waals surface area contributed by atoms with Crippen molar-refractivity contribution in [3.8, 4) is 11.6 Å². The SMILES string of the molecule is Cc1cc(Oc2ccc(CCN)cn2)cc(C)c1Br. The first-order valence-corrected chi connectivity index (χ1v) is 6.99. The normalized spacial score (nSPS) is 10.5. The number of hydrogen-bond donors (Lipinski definition) is 1. The van der Waals surface area contributed by atoms with E-state index >= 15 is 0 Å². The summed E-state index contributed by atoms with van der Waals surface area (Å²) in [5, 5.41) is 0. The summed E-state index contributed by atoms with van der Waals surface area (Å²) in [6.45, 7) is 4.72. The van der Waals surface area contributed by atoms with Gasteiger partial charge in [-0.05, 0) is 55.6 Å². The molecule has 1 heterocycles. The van der Waals surface area contributed by atoms with Gasteiger partial charge >= 0.3 is 0 Å². The zero-order valence-electron chi connectivity index (χ0n) is 11.1. The number of aromatic nitrogens is 1. The van der Waals surface area contributed by atoms with Crippen LogP contribution in [0.15, 0.2) is 34.9 Å². The number of ether oxygens (including phenoxy) is 1. The molecule has 2 N–H and O–H groups in total. The lowest BCUT2D eigenvalue weighted by Gasteiger charge is -2.09. The molecule has 4 heteroatoms. The number of rotatable bonds is 4. The minimum absolute atomic E-state index is 0.599. The van der Waals surface area contributed by atoms with Crippen molar-refractivity contribution in [2.24, 2.45) is 5.73 Å². The minimum Gasteiger partial charge on any atom is -0.439 e. The Labute approximate surface area is 121 Å². The Hall–Kier alpha value is -1.39. The predicted octanol–water partition coefficient (Wildman–Crippen LogP) is 3.75. The van der Waals surface area contributed by atoms with E-state index in [0.29, 0.717) is 12.4 Å². The predicted molar refractivity (Wildman–Crippen MR) is 80.7 cm³/mol. The summed E-state index contributed by atoms with van der Waals surface area (Å²) in [4.78, 5) is 4.28. The number of aryl methyl sites for hydroxylation is 2. The molecule has 0 saturated heterocycles. The Balaban J connectivity index is 2.17. The molecule has 2 aromatic rings. The van der Waals surface area contributed by atoms with Gasteiger partial charge in [-0.15, -0.1) is 0 Å². The van der Waals surface area contributed by atoms with Crippen LogP contribution in [0.2, 0.25) is 0 Å². The lowest BCUT2D eigenvalue weighted by atomic mass is 10.1. The van der Waals surface area contributed by atoms with Gasteiger partial charge in [-0.25, -0.2) is 4.98 Å². The second kappa shape index (κ2) is 6.17. The zero-order valence-corrected chi connectivity index (χ0v) is 12.7. The zero-order chi connectivity index (χ0) is 13.8. The van der Waals surface area contributed by atoms with E-state index in [2.05, 4.69) is 20.9 Å². The lowest BCUT2D eigenvalue weighted by molar-refractivity contribution is 0.461. The number of nitrogens with zero attached hydrogens (tertiary/aromatic N) is 1. The van der Waals surface area contributed by atoms with Crippen LogP contribution in [0.1, 0.15) is 16.7 Å². The first-order chi connectivity index (χ1) is 9.10. The molecule has 0 radical (unpaired) electrons. The van der Waals surface area contributed by atoms with E-state index in [1.54, 1.807) is 6.20 Å². The summed E-state index contributed by atoms with van der Waals surface area (Å²) in [6, 6.07) is 7.85. The van der Waals surface area contributed by atoms with E-state index in [0.717, 1.165) is 33.3 Å². The summed E-state index contributed by atoms with van der Waals surface area (Å²) in [6.07, 6.45) is 2.64. The largest absolute Gasteiger partial charge is 0.439 e. The van der Waals surface area contributed by atoms with Crippen LogP contribution in [-0.4, -0.2) is 11.5 Å². The van der Waals surface area contributed by atoms with E-state index in [-0.39, 0.29) is 0 Å². The van der Waals surface area contributed by atoms with Gasteiger partial charge in [0.25, 0.3) is 0 Å². The maximum atomic E-state index is 5.76. The molecule has 0 spiro atoms. The Bertz CT molecular complexity index is 544. The first kappa shape index (κ1) is 14.0. The summed E-state index contributed by atoms with van der Waals surface area (Å²) in [5.41, 5.74) is 8.93. The van der Waals surface area contributed by atoms with E-state index in [9.17, 15) is 0 Å². The highest BCUT2D eigenvalue weighted by Crippen LogP contribution is 2.28. The number of benzene rings is 1. The Morgan fingerprint density at radius 2 is 1.89 bits per heavy atom. The van der Waals surface area contributed by atoms with Gasteiger partial charge in [-0.1, -0.05) is 22.0 Å². The van der Waals surface area contributed by atoms with Crippen LogP contribution in [0.3, 0.4) is 0 Å². The summed E-state index contributed by atoms with van der Waals surface area (Å²) in [7, 11) is 0. The summed E-state index contributed by atoms with van der Waals surface area (Å²) >= 11 is 3.54. The fraction of sp³-hybridized carbons (Fsp3) is 0.267. The molecule has 3 nitrogen and oxygen atoms in total. The van der Waals surface area contributed by atoms with Gasteiger partial charge in [0.05, 0.1) is 0 Å². The van der Waals surface area contributed by atoms with Crippen LogP contribution in [0.25, 0.3) is 0 Å². The maximum Gasteiger partial charge on any atom is 0.219 e. The molecule has 1 aromatic carbocycles. The average Bonchev–Trinajstić information content (AvgIpc) is 2.38. The van der Waals surface area contributed by atoms with Gasteiger partial charge in [0.15, 0.2) is 0 Å². The number of hydrogen-bond acceptors (Lipinski definition) is 3. The van der Waals surface area contributed by atoms with Crippen LogP contribution < -0.4 is 10.5 Å². The molecule has 0 saturated carbocycles. The Morgan fingerprint density at radius 1 is 1.21 bits per heavy atom. The van der Waals surface area contributed by atoms with E-state index < -0.39 is 0 Å². The van der Waals surface area contributed by atoms with Gasteiger partial charge in [0.2, 0.25) is 5.88 Å². The Kier molecular flexibility index (Phi) is 4.56. The fourth-order valence-corrected chi connectivity index (χ4v) is 2.10. The smallest absolute Gasteiger partial charge is 0.219 e. The molecule has 0 atom stereocenters.